The Bertz CT molecular complexity index is 965. The molecule has 1 atom stereocenters. The van der Waals surface area contributed by atoms with Crippen LogP contribution in [0.5, 0.6) is 11.5 Å². The Morgan fingerprint density at radius 2 is 1.97 bits per heavy atom. The van der Waals surface area contributed by atoms with Gasteiger partial charge in [-0.25, -0.2) is 4.98 Å². The molecule has 7 nitrogen and oxygen atoms in total. The maximum atomic E-state index is 13.0. The van der Waals surface area contributed by atoms with E-state index in [1.54, 1.807) is 18.2 Å². The summed E-state index contributed by atoms with van der Waals surface area (Å²) in [5, 5.41) is 3.41. The van der Waals surface area contributed by atoms with Crippen LogP contribution in [0.3, 0.4) is 0 Å². The number of amides is 2. The number of carbonyl (C=O) groups excluding carboxylic acids is 2. The van der Waals surface area contributed by atoms with Crippen molar-refractivity contribution in [2.45, 2.75) is 38.5 Å². The maximum Gasteiger partial charge on any atom is 0.257 e. The van der Waals surface area contributed by atoms with E-state index in [2.05, 4.69) is 17.2 Å². The zero-order chi connectivity index (χ0) is 20.0. The molecule has 1 N–H and O–H groups in total. The van der Waals surface area contributed by atoms with Gasteiger partial charge in [-0.2, -0.15) is 0 Å². The van der Waals surface area contributed by atoms with Gasteiger partial charge >= 0.3 is 0 Å². The first-order valence-electron chi connectivity index (χ1n) is 10.1. The van der Waals surface area contributed by atoms with Crippen LogP contribution >= 0.6 is 11.3 Å². The van der Waals surface area contributed by atoms with Crippen molar-refractivity contribution >= 4 is 28.3 Å². The summed E-state index contributed by atoms with van der Waals surface area (Å²) >= 11 is 1.47. The van der Waals surface area contributed by atoms with E-state index in [4.69, 9.17) is 9.47 Å². The third-order valence-corrected chi connectivity index (χ3v) is 7.01. The first-order valence-corrected chi connectivity index (χ1v) is 10.9. The molecular weight excluding hydrogens is 390 g/mol. The minimum absolute atomic E-state index is 0.172. The molecule has 0 spiro atoms. The Labute approximate surface area is 173 Å². The number of carbonyl (C=O) groups is 2. The van der Waals surface area contributed by atoms with Gasteiger partial charge in [-0.05, 0) is 49.8 Å². The van der Waals surface area contributed by atoms with E-state index in [1.165, 1.54) is 11.3 Å². The van der Waals surface area contributed by atoms with Gasteiger partial charge in [-0.3, -0.25) is 14.9 Å². The second-order valence-electron chi connectivity index (χ2n) is 7.95. The molecule has 152 valence electrons. The highest BCUT2D eigenvalue weighted by Crippen LogP contribution is 2.40. The average Bonchev–Trinajstić information content (AvgIpc) is 3.42. The quantitative estimate of drug-likeness (QED) is 0.834. The van der Waals surface area contributed by atoms with E-state index >= 15 is 0 Å². The fraction of sp³-hybridized carbons (Fsp3) is 0.476. The predicted octanol–water partition coefficient (Wildman–Crippen LogP) is 3.41. The topological polar surface area (TPSA) is 80.8 Å². The number of nitrogens with one attached hydrogen (secondary N) is 1. The molecule has 3 heterocycles. The lowest BCUT2D eigenvalue weighted by Crippen LogP contribution is -2.40. The molecule has 2 aromatic rings. The Balaban J connectivity index is 1.29. The summed E-state index contributed by atoms with van der Waals surface area (Å²) in [4.78, 5) is 33.3. The number of aryl methyl sites for hydroxylation is 1. The van der Waals surface area contributed by atoms with Gasteiger partial charge in [0.05, 0.1) is 11.6 Å². The van der Waals surface area contributed by atoms with Crippen molar-refractivity contribution in [1.29, 1.82) is 0 Å². The van der Waals surface area contributed by atoms with Gasteiger partial charge < -0.3 is 14.4 Å². The molecule has 1 saturated heterocycles. The zero-order valence-corrected chi connectivity index (χ0v) is 17.1. The van der Waals surface area contributed by atoms with Crippen LogP contribution in [-0.2, 0) is 11.2 Å². The van der Waals surface area contributed by atoms with Gasteiger partial charge in [0.25, 0.3) is 5.91 Å². The number of nitrogens with zero attached hydrogens (tertiary/aromatic N) is 2. The third-order valence-electron chi connectivity index (χ3n) is 5.97. The van der Waals surface area contributed by atoms with Crippen LogP contribution in [0, 0.1) is 5.92 Å². The van der Waals surface area contributed by atoms with Crippen molar-refractivity contribution in [3.63, 3.8) is 0 Å². The minimum Gasteiger partial charge on any atom is -0.454 e. The van der Waals surface area contributed by atoms with Crippen LogP contribution in [0.25, 0.3) is 0 Å². The van der Waals surface area contributed by atoms with E-state index in [0.717, 1.165) is 49.3 Å². The number of aromatic nitrogens is 1. The van der Waals surface area contributed by atoms with Crippen molar-refractivity contribution in [1.82, 2.24) is 9.88 Å². The Hall–Kier alpha value is -2.61. The summed E-state index contributed by atoms with van der Waals surface area (Å²) in [5.74, 6) is 1.67. The van der Waals surface area contributed by atoms with Gasteiger partial charge in [0.15, 0.2) is 16.6 Å². The van der Waals surface area contributed by atoms with Gasteiger partial charge in [-0.15, -0.1) is 11.3 Å². The summed E-state index contributed by atoms with van der Waals surface area (Å²) in [7, 11) is 0. The monoisotopic (exact) mass is 413 g/mol. The number of hydrogen-bond acceptors (Lipinski definition) is 6. The van der Waals surface area contributed by atoms with Gasteiger partial charge in [0.2, 0.25) is 12.7 Å². The Morgan fingerprint density at radius 3 is 2.79 bits per heavy atom. The number of fused-ring (bicyclic) bond motifs is 2. The van der Waals surface area contributed by atoms with E-state index in [9.17, 15) is 9.59 Å². The molecule has 0 radical (unpaired) electrons. The molecule has 29 heavy (non-hydrogen) atoms. The molecule has 1 unspecified atom stereocenters. The number of ether oxygens (including phenoxy) is 2. The fourth-order valence-electron chi connectivity index (χ4n) is 4.18. The first kappa shape index (κ1) is 18.4. The lowest BCUT2D eigenvalue weighted by molar-refractivity contribution is -0.134. The second kappa shape index (κ2) is 7.33. The smallest absolute Gasteiger partial charge is 0.257 e. The third kappa shape index (κ3) is 3.46. The van der Waals surface area contributed by atoms with Gasteiger partial charge in [0.1, 0.15) is 0 Å². The maximum absolute atomic E-state index is 13.0. The van der Waals surface area contributed by atoms with Crippen LogP contribution in [0.4, 0.5) is 5.13 Å². The molecule has 8 heteroatoms. The van der Waals surface area contributed by atoms with Crippen LogP contribution in [0.15, 0.2) is 18.2 Å². The minimum atomic E-state index is -0.247. The summed E-state index contributed by atoms with van der Waals surface area (Å²) in [5.41, 5.74) is 1.33. The van der Waals surface area contributed by atoms with Crippen molar-refractivity contribution in [3.05, 3.63) is 34.3 Å². The number of rotatable bonds is 3. The normalized spacial score (nSPS) is 20.6. The van der Waals surface area contributed by atoms with E-state index in [0.29, 0.717) is 28.1 Å². The molecule has 1 aromatic carbocycles. The molecule has 3 aliphatic rings. The van der Waals surface area contributed by atoms with E-state index < -0.39 is 0 Å². The Kier molecular flexibility index (Phi) is 4.66. The van der Waals surface area contributed by atoms with Crippen LogP contribution in [0.1, 0.15) is 53.0 Å². The predicted molar refractivity (Wildman–Crippen MR) is 109 cm³/mol. The highest BCUT2D eigenvalue weighted by molar-refractivity contribution is 7.16. The molecule has 2 amide bonds. The SMILES string of the molecule is CC1CCN(C(=O)C2CCc3sc(NC(=O)c4ccc5c(c4)OCO5)nc32)CC1. The van der Waals surface area contributed by atoms with Gasteiger partial charge in [0, 0.05) is 23.5 Å². The molecule has 0 bridgehead atoms. The van der Waals surface area contributed by atoms with Crippen LogP contribution in [-0.4, -0.2) is 41.6 Å². The standard InChI is InChI=1S/C21H23N3O4S/c1-12-6-8-24(9-7-12)20(26)14-3-5-17-18(14)22-21(29-17)23-19(25)13-2-4-15-16(10-13)28-11-27-15/h2,4,10,12,14H,3,5-9,11H2,1H3,(H,22,23,25). The molecule has 2 aliphatic heterocycles. The molecule has 0 saturated carbocycles. The first-order chi connectivity index (χ1) is 14.1. The lowest BCUT2D eigenvalue weighted by Gasteiger charge is -2.32. The highest BCUT2D eigenvalue weighted by Gasteiger charge is 2.36. The molecule has 5 rings (SSSR count). The summed E-state index contributed by atoms with van der Waals surface area (Å²) in [6.07, 6.45) is 3.79. The number of hydrogen-bond donors (Lipinski definition) is 1. The van der Waals surface area contributed by atoms with Crippen LogP contribution < -0.4 is 14.8 Å². The number of likely N-dealkylation sites (tertiary alicyclic amines) is 1. The van der Waals surface area contributed by atoms with E-state index in [-0.39, 0.29) is 24.5 Å². The average molecular weight is 413 g/mol. The molecule has 1 aliphatic carbocycles. The molecular formula is C21H23N3O4S. The summed E-state index contributed by atoms with van der Waals surface area (Å²) < 4.78 is 10.6. The molecule has 1 aromatic heterocycles. The summed E-state index contributed by atoms with van der Waals surface area (Å²) in [6, 6.07) is 5.10. The molecule has 1 fully saturated rings. The number of piperidine rings is 1. The number of anilines is 1. The largest absolute Gasteiger partial charge is 0.454 e. The lowest BCUT2D eigenvalue weighted by atomic mass is 9.97. The van der Waals surface area contributed by atoms with Crippen molar-refractivity contribution in [2.24, 2.45) is 5.92 Å². The van der Waals surface area contributed by atoms with Crippen molar-refractivity contribution in [2.75, 3.05) is 25.2 Å². The van der Waals surface area contributed by atoms with Crippen molar-refractivity contribution in [3.8, 4) is 11.5 Å². The van der Waals surface area contributed by atoms with Crippen molar-refractivity contribution < 1.29 is 19.1 Å². The van der Waals surface area contributed by atoms with Gasteiger partial charge in [-0.1, -0.05) is 6.92 Å². The zero-order valence-electron chi connectivity index (χ0n) is 16.3. The number of benzene rings is 1. The second-order valence-corrected chi connectivity index (χ2v) is 9.03. The Morgan fingerprint density at radius 1 is 1.17 bits per heavy atom. The number of thiazole rings is 1. The van der Waals surface area contributed by atoms with E-state index in [1.807, 2.05) is 4.90 Å². The van der Waals surface area contributed by atoms with Crippen LogP contribution in [0.2, 0.25) is 0 Å². The summed E-state index contributed by atoms with van der Waals surface area (Å²) in [6.45, 7) is 4.09. The fourth-order valence-corrected chi connectivity index (χ4v) is 5.21. The highest BCUT2D eigenvalue weighted by atomic mass is 32.1.